The summed E-state index contributed by atoms with van der Waals surface area (Å²) in [5, 5.41) is 0. The zero-order valence-electron chi connectivity index (χ0n) is 8.60. The number of nitrogens with zero attached hydrogens (tertiary/aromatic N) is 1. The number of alkyl halides is 3. The van der Waals surface area contributed by atoms with E-state index in [1.165, 1.54) is 12.5 Å². The molecule has 1 saturated heterocycles. The van der Waals surface area contributed by atoms with Crippen molar-refractivity contribution < 1.29 is 4.79 Å². The molecule has 0 aromatic rings. The molecule has 1 aliphatic heterocycles. The van der Waals surface area contributed by atoms with Crippen molar-refractivity contribution in [3.8, 4) is 0 Å². The summed E-state index contributed by atoms with van der Waals surface area (Å²) in [5.41, 5.74) is 0.881. The van der Waals surface area contributed by atoms with E-state index < -0.39 is 9.58 Å². The topological polar surface area (TPSA) is 20.3 Å². The lowest BCUT2D eigenvalue weighted by Crippen LogP contribution is -2.29. The van der Waals surface area contributed by atoms with Crippen molar-refractivity contribution in [2.45, 2.75) is 30.0 Å². The molecule has 0 unspecified atom stereocenters. The van der Waals surface area contributed by atoms with Crippen LogP contribution in [0.3, 0.4) is 0 Å². The smallest absolute Gasteiger partial charge is 0.252 e. The molecule has 0 radical (unpaired) electrons. The summed E-state index contributed by atoms with van der Waals surface area (Å²) in [6.45, 7) is 3.84. The molecule has 1 rings (SSSR count). The van der Waals surface area contributed by atoms with Gasteiger partial charge in [-0.25, -0.2) is 0 Å². The van der Waals surface area contributed by atoms with Crippen molar-refractivity contribution in [1.29, 1.82) is 0 Å². The van der Waals surface area contributed by atoms with Gasteiger partial charge in [-0.2, -0.15) is 0 Å². The van der Waals surface area contributed by atoms with Crippen LogP contribution in [0.25, 0.3) is 0 Å². The quantitative estimate of drug-likeness (QED) is 0.567. The third kappa shape index (κ3) is 4.21. The van der Waals surface area contributed by atoms with Gasteiger partial charge in [-0.1, -0.05) is 34.8 Å². The Hall–Kier alpha value is 0.0800. The van der Waals surface area contributed by atoms with E-state index in [0.29, 0.717) is 0 Å². The Balaban J connectivity index is 2.62. The first-order chi connectivity index (χ1) is 6.91. The number of ketones is 1. The van der Waals surface area contributed by atoms with Crippen LogP contribution < -0.4 is 0 Å². The number of halogens is 3. The highest BCUT2D eigenvalue weighted by molar-refractivity contribution is 6.77. The van der Waals surface area contributed by atoms with Gasteiger partial charge < -0.3 is 4.90 Å². The maximum atomic E-state index is 11.4. The molecule has 0 N–H and O–H groups in total. The molecule has 15 heavy (non-hydrogen) atoms. The van der Waals surface area contributed by atoms with Crippen LogP contribution in [0.1, 0.15) is 26.2 Å². The van der Waals surface area contributed by atoms with Crippen molar-refractivity contribution >= 4 is 40.6 Å². The second-order valence-electron chi connectivity index (χ2n) is 3.70. The van der Waals surface area contributed by atoms with E-state index in [4.69, 9.17) is 34.8 Å². The molecule has 0 aromatic carbocycles. The average Bonchev–Trinajstić information content (AvgIpc) is 2.17. The molecule has 0 aliphatic carbocycles. The van der Waals surface area contributed by atoms with Crippen LogP contribution in [0.5, 0.6) is 0 Å². The summed E-state index contributed by atoms with van der Waals surface area (Å²) in [6, 6.07) is 0. The fraction of sp³-hybridized carbons (Fsp3) is 0.700. The minimum absolute atomic E-state index is 0.476. The van der Waals surface area contributed by atoms with E-state index in [9.17, 15) is 4.79 Å². The number of hydrogen-bond donors (Lipinski definition) is 0. The van der Waals surface area contributed by atoms with E-state index >= 15 is 0 Å². The van der Waals surface area contributed by atoms with E-state index in [1.54, 1.807) is 0 Å². The van der Waals surface area contributed by atoms with Gasteiger partial charge >= 0.3 is 0 Å². The fourth-order valence-corrected chi connectivity index (χ4v) is 1.77. The maximum Gasteiger partial charge on any atom is 0.252 e. The highest BCUT2D eigenvalue weighted by Gasteiger charge is 2.29. The normalized spacial score (nSPS) is 19.2. The number of hydrogen-bond acceptors (Lipinski definition) is 2. The molecular formula is C10H14Cl3NO. The molecule has 0 spiro atoms. The molecule has 5 heteroatoms. The van der Waals surface area contributed by atoms with Crippen LogP contribution in [-0.4, -0.2) is 27.6 Å². The number of carbonyl (C=O) groups is 1. The van der Waals surface area contributed by atoms with Gasteiger partial charge in [0.05, 0.1) is 0 Å². The van der Waals surface area contributed by atoms with Crippen molar-refractivity contribution in [3.05, 3.63) is 11.8 Å². The Kier molecular flexibility index (Phi) is 4.75. The summed E-state index contributed by atoms with van der Waals surface area (Å²) in [7, 11) is 0. The molecule has 1 heterocycles. The van der Waals surface area contributed by atoms with Crippen LogP contribution in [0.15, 0.2) is 11.8 Å². The monoisotopic (exact) mass is 269 g/mol. The lowest BCUT2D eigenvalue weighted by Gasteiger charge is -2.29. The van der Waals surface area contributed by atoms with Gasteiger partial charge in [0, 0.05) is 24.9 Å². The summed E-state index contributed by atoms with van der Waals surface area (Å²) in [5.74, 6) is -0.476. The molecule has 0 amide bonds. The Morgan fingerprint density at radius 3 is 2.20 bits per heavy atom. The fourth-order valence-electron chi connectivity index (χ4n) is 1.61. The summed E-state index contributed by atoms with van der Waals surface area (Å²) >= 11 is 16.5. The maximum absolute atomic E-state index is 11.4. The second kappa shape index (κ2) is 5.42. The van der Waals surface area contributed by atoms with Gasteiger partial charge in [0.2, 0.25) is 5.78 Å². The molecule has 0 bridgehead atoms. The first-order valence-electron chi connectivity index (χ1n) is 4.95. The average molecular weight is 271 g/mol. The third-order valence-corrected chi connectivity index (χ3v) is 3.03. The van der Waals surface area contributed by atoms with Crippen LogP contribution in [-0.2, 0) is 4.79 Å². The van der Waals surface area contributed by atoms with E-state index in [1.807, 2.05) is 6.92 Å². The number of likely N-dealkylation sites (tertiary alicyclic amines) is 1. The Morgan fingerprint density at radius 1 is 1.20 bits per heavy atom. The standard InChI is InChI=1S/C10H14Cl3NO/c1-8(7-9(15)10(11,12)13)14-5-3-2-4-6-14/h7H,2-6H2,1H3/b8-7+. The van der Waals surface area contributed by atoms with Crippen molar-refractivity contribution in [2.75, 3.05) is 13.1 Å². The van der Waals surface area contributed by atoms with Gasteiger partial charge in [-0.15, -0.1) is 0 Å². The molecule has 86 valence electrons. The van der Waals surface area contributed by atoms with Gasteiger partial charge in [-0.05, 0) is 26.2 Å². The predicted molar refractivity (Wildman–Crippen MR) is 64.5 cm³/mol. The lowest BCUT2D eigenvalue weighted by molar-refractivity contribution is -0.113. The van der Waals surface area contributed by atoms with E-state index in [2.05, 4.69) is 4.90 Å². The van der Waals surface area contributed by atoms with Gasteiger partial charge in [-0.3, -0.25) is 4.79 Å². The van der Waals surface area contributed by atoms with Crippen molar-refractivity contribution in [1.82, 2.24) is 4.90 Å². The highest BCUT2D eigenvalue weighted by atomic mass is 35.6. The molecule has 1 aliphatic rings. The summed E-state index contributed by atoms with van der Waals surface area (Å²) in [6.07, 6.45) is 4.99. The predicted octanol–water partition coefficient (Wildman–Crippen LogP) is 3.32. The molecule has 1 fully saturated rings. The number of rotatable bonds is 2. The van der Waals surface area contributed by atoms with E-state index in [0.717, 1.165) is 31.6 Å². The number of carbonyl (C=O) groups excluding carboxylic acids is 1. The summed E-state index contributed by atoms with van der Waals surface area (Å²) < 4.78 is -1.84. The number of piperidine rings is 1. The molecule has 0 aromatic heterocycles. The van der Waals surface area contributed by atoms with Gasteiger partial charge in [0.1, 0.15) is 0 Å². The van der Waals surface area contributed by atoms with Gasteiger partial charge in [0.15, 0.2) is 0 Å². The Morgan fingerprint density at radius 2 is 1.73 bits per heavy atom. The minimum Gasteiger partial charge on any atom is -0.375 e. The lowest BCUT2D eigenvalue weighted by atomic mass is 10.1. The molecular weight excluding hydrogens is 256 g/mol. The van der Waals surface area contributed by atoms with Crippen LogP contribution >= 0.6 is 34.8 Å². The Labute approximate surface area is 105 Å². The third-order valence-electron chi connectivity index (χ3n) is 2.47. The number of allylic oxidation sites excluding steroid dienone is 2. The molecule has 2 nitrogen and oxygen atoms in total. The minimum atomic E-state index is -1.84. The first-order valence-corrected chi connectivity index (χ1v) is 6.09. The SMILES string of the molecule is C/C(=C\C(=O)C(Cl)(Cl)Cl)N1CCCCC1. The molecule has 0 atom stereocenters. The van der Waals surface area contributed by atoms with Crippen LogP contribution in [0.4, 0.5) is 0 Å². The zero-order chi connectivity index (χ0) is 11.5. The van der Waals surface area contributed by atoms with E-state index in [-0.39, 0.29) is 0 Å². The van der Waals surface area contributed by atoms with Crippen molar-refractivity contribution in [2.24, 2.45) is 0 Å². The summed E-state index contributed by atoms with van der Waals surface area (Å²) in [4.78, 5) is 13.6. The second-order valence-corrected chi connectivity index (χ2v) is 5.98. The van der Waals surface area contributed by atoms with Gasteiger partial charge in [0.25, 0.3) is 3.79 Å². The molecule has 0 saturated carbocycles. The Bertz CT molecular complexity index is 264. The largest absolute Gasteiger partial charge is 0.375 e. The van der Waals surface area contributed by atoms with Crippen LogP contribution in [0, 0.1) is 0 Å². The first kappa shape index (κ1) is 13.1. The van der Waals surface area contributed by atoms with Crippen LogP contribution in [0.2, 0.25) is 0 Å². The zero-order valence-corrected chi connectivity index (χ0v) is 10.9. The van der Waals surface area contributed by atoms with Crippen molar-refractivity contribution in [3.63, 3.8) is 0 Å². The highest BCUT2D eigenvalue weighted by Crippen LogP contribution is 2.28.